The first-order valence-corrected chi connectivity index (χ1v) is 10.3. The van der Waals surface area contributed by atoms with Crippen molar-refractivity contribution < 1.29 is 9.47 Å². The number of amidine groups is 1. The maximum Gasteiger partial charge on any atom is 0.142 e. The Labute approximate surface area is 168 Å². The first kappa shape index (κ1) is 18.9. The van der Waals surface area contributed by atoms with Crippen molar-refractivity contribution in [1.82, 2.24) is 0 Å². The molecule has 2 aromatic rings. The van der Waals surface area contributed by atoms with Crippen molar-refractivity contribution in [2.45, 2.75) is 52.0 Å². The van der Waals surface area contributed by atoms with Crippen LogP contribution in [0.25, 0.3) is 0 Å². The molecular weight excluding hydrogens is 348 g/mol. The second-order valence-corrected chi connectivity index (χ2v) is 8.12. The van der Waals surface area contributed by atoms with E-state index in [1.807, 2.05) is 12.1 Å². The summed E-state index contributed by atoms with van der Waals surface area (Å²) < 4.78 is 11.3. The molecule has 4 rings (SSSR count). The van der Waals surface area contributed by atoms with E-state index in [0.29, 0.717) is 6.54 Å². The van der Waals surface area contributed by atoms with Crippen molar-refractivity contribution in [3.8, 4) is 11.5 Å². The molecule has 1 saturated carbocycles. The van der Waals surface area contributed by atoms with E-state index < -0.39 is 0 Å². The molecule has 1 fully saturated rings. The Morgan fingerprint density at radius 3 is 2.46 bits per heavy atom. The Morgan fingerprint density at radius 2 is 1.75 bits per heavy atom. The van der Waals surface area contributed by atoms with Gasteiger partial charge in [0.05, 0.1) is 26.5 Å². The van der Waals surface area contributed by atoms with Crippen LogP contribution in [-0.2, 0) is 13.0 Å². The fourth-order valence-electron chi connectivity index (χ4n) is 4.78. The summed E-state index contributed by atoms with van der Waals surface area (Å²) in [5.41, 5.74) is 4.84. The summed E-state index contributed by atoms with van der Waals surface area (Å²) in [7, 11) is 3.47. The summed E-state index contributed by atoms with van der Waals surface area (Å²) in [6, 6.07) is 12.6. The van der Waals surface area contributed by atoms with Crippen LogP contribution in [0.5, 0.6) is 11.5 Å². The lowest BCUT2D eigenvalue weighted by molar-refractivity contribution is 0.273. The molecule has 0 aromatic heterocycles. The van der Waals surface area contributed by atoms with Crippen LogP contribution >= 0.6 is 0 Å². The Balaban J connectivity index is 1.75. The standard InChI is InChI=1S/C24H30N2O2/c1-17-8-7-9-18(14-17)16-25-23-24(12-5-4-6-13-24)15-19-20(27-2)10-11-21(28-3)22(19)26-23/h7-11,14H,4-6,12-13,15-16H2,1-3H3,(H,25,26). The highest BCUT2D eigenvalue weighted by atomic mass is 16.5. The summed E-state index contributed by atoms with van der Waals surface area (Å²) in [6.45, 7) is 2.83. The zero-order valence-electron chi connectivity index (χ0n) is 17.2. The molecule has 0 atom stereocenters. The van der Waals surface area contributed by atoms with Gasteiger partial charge in [0.1, 0.15) is 17.3 Å². The molecule has 1 heterocycles. The first-order chi connectivity index (χ1) is 13.6. The molecule has 1 N–H and O–H groups in total. The van der Waals surface area contributed by atoms with Crippen molar-refractivity contribution in [3.63, 3.8) is 0 Å². The highest BCUT2D eigenvalue weighted by Gasteiger charge is 2.43. The maximum absolute atomic E-state index is 5.69. The minimum absolute atomic E-state index is 0.0781. The molecule has 0 radical (unpaired) electrons. The number of hydrogen-bond donors (Lipinski definition) is 1. The third-order valence-corrected chi connectivity index (χ3v) is 6.25. The predicted molar refractivity (Wildman–Crippen MR) is 115 cm³/mol. The van der Waals surface area contributed by atoms with E-state index in [4.69, 9.17) is 14.5 Å². The average molecular weight is 379 g/mol. The second kappa shape index (κ2) is 7.86. The van der Waals surface area contributed by atoms with Crippen LogP contribution in [0.4, 0.5) is 5.69 Å². The lowest BCUT2D eigenvalue weighted by atomic mass is 9.67. The van der Waals surface area contributed by atoms with Gasteiger partial charge in [-0.15, -0.1) is 0 Å². The van der Waals surface area contributed by atoms with Gasteiger partial charge in [-0.05, 0) is 43.9 Å². The molecule has 4 heteroatoms. The van der Waals surface area contributed by atoms with Crippen LogP contribution in [0.3, 0.4) is 0 Å². The van der Waals surface area contributed by atoms with E-state index in [2.05, 4.69) is 36.5 Å². The molecule has 0 bridgehead atoms. The van der Waals surface area contributed by atoms with Gasteiger partial charge in [-0.25, -0.2) is 0 Å². The molecule has 0 saturated heterocycles. The molecule has 28 heavy (non-hydrogen) atoms. The molecule has 0 amide bonds. The molecule has 0 unspecified atom stereocenters. The number of hydrogen-bond acceptors (Lipinski definition) is 3. The second-order valence-electron chi connectivity index (χ2n) is 8.12. The quantitative estimate of drug-likeness (QED) is 0.761. The number of fused-ring (bicyclic) bond motifs is 1. The average Bonchev–Trinajstić information content (AvgIpc) is 2.72. The summed E-state index contributed by atoms with van der Waals surface area (Å²) >= 11 is 0. The van der Waals surface area contributed by atoms with E-state index >= 15 is 0 Å². The van der Waals surface area contributed by atoms with Gasteiger partial charge in [0, 0.05) is 11.0 Å². The van der Waals surface area contributed by atoms with Gasteiger partial charge in [0.25, 0.3) is 0 Å². The van der Waals surface area contributed by atoms with E-state index in [0.717, 1.165) is 29.4 Å². The zero-order chi connectivity index (χ0) is 19.6. The summed E-state index contributed by atoms with van der Waals surface area (Å²) in [4.78, 5) is 5.11. The molecule has 1 spiro atoms. The van der Waals surface area contributed by atoms with Crippen LogP contribution in [0, 0.1) is 12.3 Å². The third-order valence-electron chi connectivity index (χ3n) is 6.25. The molecule has 1 aliphatic heterocycles. The highest BCUT2D eigenvalue weighted by Crippen LogP contribution is 2.49. The van der Waals surface area contributed by atoms with E-state index in [1.54, 1.807) is 14.2 Å². The summed E-state index contributed by atoms with van der Waals surface area (Å²) in [5.74, 6) is 2.91. The van der Waals surface area contributed by atoms with Gasteiger partial charge < -0.3 is 14.8 Å². The summed E-state index contributed by atoms with van der Waals surface area (Å²) in [6.07, 6.45) is 7.13. The van der Waals surface area contributed by atoms with Gasteiger partial charge in [-0.3, -0.25) is 4.99 Å². The number of ether oxygens (including phenoxy) is 2. The van der Waals surface area contributed by atoms with Gasteiger partial charge in [-0.1, -0.05) is 49.1 Å². The highest BCUT2D eigenvalue weighted by molar-refractivity contribution is 6.04. The molecule has 148 valence electrons. The minimum atomic E-state index is 0.0781. The van der Waals surface area contributed by atoms with Crippen molar-refractivity contribution in [1.29, 1.82) is 0 Å². The Bertz CT molecular complexity index is 882. The number of anilines is 1. The molecule has 1 aliphatic carbocycles. The van der Waals surface area contributed by atoms with Crippen molar-refractivity contribution in [2.24, 2.45) is 10.4 Å². The number of aliphatic imine (C=N–C) groups is 1. The maximum atomic E-state index is 5.69. The van der Waals surface area contributed by atoms with Gasteiger partial charge in [-0.2, -0.15) is 0 Å². The van der Waals surface area contributed by atoms with Crippen LogP contribution in [0.2, 0.25) is 0 Å². The van der Waals surface area contributed by atoms with E-state index in [-0.39, 0.29) is 5.41 Å². The SMILES string of the molecule is COc1ccc(OC)c2c1CC1(CCCCC1)C(=NCc1cccc(C)c1)N2. The lowest BCUT2D eigenvalue weighted by Gasteiger charge is -2.43. The zero-order valence-corrected chi connectivity index (χ0v) is 17.2. The predicted octanol–water partition coefficient (Wildman–Crippen LogP) is 5.53. The number of rotatable bonds is 4. The topological polar surface area (TPSA) is 42.9 Å². The van der Waals surface area contributed by atoms with E-state index in [9.17, 15) is 0 Å². The lowest BCUT2D eigenvalue weighted by Crippen LogP contribution is -2.43. The van der Waals surface area contributed by atoms with Gasteiger partial charge in [0.2, 0.25) is 0 Å². The van der Waals surface area contributed by atoms with Crippen LogP contribution in [0.1, 0.15) is 48.8 Å². The van der Waals surface area contributed by atoms with E-state index in [1.165, 1.54) is 48.8 Å². The van der Waals surface area contributed by atoms with Gasteiger partial charge >= 0.3 is 0 Å². The van der Waals surface area contributed by atoms with Crippen LogP contribution < -0.4 is 14.8 Å². The normalized spacial score (nSPS) is 19.2. The fourth-order valence-corrected chi connectivity index (χ4v) is 4.78. The smallest absolute Gasteiger partial charge is 0.142 e. The third kappa shape index (κ3) is 3.48. The largest absolute Gasteiger partial charge is 0.496 e. The molecule has 2 aromatic carbocycles. The van der Waals surface area contributed by atoms with Crippen molar-refractivity contribution in [2.75, 3.05) is 19.5 Å². The van der Waals surface area contributed by atoms with Crippen molar-refractivity contribution >= 4 is 11.5 Å². The van der Waals surface area contributed by atoms with Crippen LogP contribution in [-0.4, -0.2) is 20.1 Å². The number of aryl methyl sites for hydroxylation is 1. The summed E-state index contributed by atoms with van der Waals surface area (Å²) in [5, 5.41) is 3.68. The number of methoxy groups -OCH3 is 2. The minimum Gasteiger partial charge on any atom is -0.496 e. The first-order valence-electron chi connectivity index (χ1n) is 10.3. The van der Waals surface area contributed by atoms with Crippen molar-refractivity contribution in [3.05, 3.63) is 53.1 Å². The Hall–Kier alpha value is -2.49. The number of benzene rings is 2. The number of nitrogens with zero attached hydrogens (tertiary/aromatic N) is 1. The monoisotopic (exact) mass is 378 g/mol. The molecule has 4 nitrogen and oxygen atoms in total. The van der Waals surface area contributed by atoms with Crippen LogP contribution in [0.15, 0.2) is 41.4 Å². The molecular formula is C24H30N2O2. The number of nitrogens with one attached hydrogen (secondary N) is 1. The fraction of sp³-hybridized carbons (Fsp3) is 0.458. The van der Waals surface area contributed by atoms with Gasteiger partial charge in [0.15, 0.2) is 0 Å². The Kier molecular flexibility index (Phi) is 5.29. The molecule has 2 aliphatic rings. The Morgan fingerprint density at radius 1 is 1.00 bits per heavy atom.